The summed E-state index contributed by atoms with van der Waals surface area (Å²) in [5.74, 6) is -0.0819. The van der Waals surface area contributed by atoms with E-state index in [4.69, 9.17) is 0 Å². The Bertz CT molecular complexity index is 1100. The van der Waals surface area contributed by atoms with Crippen LogP contribution in [0.1, 0.15) is 36.7 Å². The molecule has 0 saturated carbocycles. The molecule has 4 nitrogen and oxygen atoms in total. The average Bonchev–Trinajstić information content (AvgIpc) is 2.92. The van der Waals surface area contributed by atoms with Gasteiger partial charge in [0, 0.05) is 26.1 Å². The number of halogens is 1. The van der Waals surface area contributed by atoms with E-state index in [0.29, 0.717) is 16.5 Å². The maximum atomic E-state index is 13.2. The molecule has 0 aliphatic carbocycles. The Labute approximate surface area is 167 Å². The molecule has 2 aromatic carbocycles. The van der Waals surface area contributed by atoms with Gasteiger partial charge in [0.05, 0.1) is 10.4 Å². The summed E-state index contributed by atoms with van der Waals surface area (Å²) in [6, 6.07) is 12.2. The van der Waals surface area contributed by atoms with Crippen molar-refractivity contribution in [3.8, 4) is 0 Å². The van der Waals surface area contributed by atoms with E-state index in [-0.39, 0.29) is 10.7 Å². The van der Waals surface area contributed by atoms with Gasteiger partial charge in [0.2, 0.25) is 0 Å². The third kappa shape index (κ3) is 3.32. The molecule has 0 radical (unpaired) electrons. The van der Waals surface area contributed by atoms with Crippen molar-refractivity contribution in [2.75, 3.05) is 0 Å². The Balaban J connectivity index is 2.31. The largest absolute Gasteiger partial charge is 0.294 e. The fourth-order valence-corrected chi connectivity index (χ4v) is 4.61. The van der Waals surface area contributed by atoms with Crippen LogP contribution in [0.25, 0.3) is 10.9 Å². The van der Waals surface area contributed by atoms with Crippen molar-refractivity contribution in [2.45, 2.75) is 32.6 Å². The number of aryl methyl sites for hydroxylation is 1. The fourth-order valence-electron chi connectivity index (χ4n) is 2.78. The average molecular weight is 481 g/mol. The molecule has 1 aromatic heterocycles. The molecule has 0 bridgehead atoms. The van der Waals surface area contributed by atoms with E-state index < -0.39 is 15.4 Å². The number of ketones is 1. The molecule has 0 aliphatic heterocycles. The minimum atomic E-state index is -3.80. The van der Waals surface area contributed by atoms with Gasteiger partial charge in [-0.15, -0.1) is 0 Å². The first-order valence-corrected chi connectivity index (χ1v) is 10.7. The zero-order chi connectivity index (χ0) is 19.3. The highest BCUT2D eigenvalue weighted by Crippen LogP contribution is 2.31. The lowest BCUT2D eigenvalue weighted by Crippen LogP contribution is -2.20. The number of Topliss-reactive ketones (excluding diaryl/α,β-unsaturated/α-hetero) is 1. The van der Waals surface area contributed by atoms with Crippen molar-refractivity contribution >= 4 is 49.3 Å². The van der Waals surface area contributed by atoms with Gasteiger partial charge in [0.15, 0.2) is 5.78 Å². The molecule has 26 heavy (non-hydrogen) atoms. The molecule has 0 atom stereocenters. The predicted molar refractivity (Wildman–Crippen MR) is 112 cm³/mol. The van der Waals surface area contributed by atoms with Crippen LogP contribution in [0, 0.1) is 15.9 Å². The Morgan fingerprint density at radius 1 is 1.04 bits per heavy atom. The number of hydrogen-bond donors (Lipinski definition) is 0. The lowest BCUT2D eigenvalue weighted by molar-refractivity contribution is 0.0860. The summed E-state index contributed by atoms with van der Waals surface area (Å²) >= 11 is 2.14. The number of hydrogen-bond acceptors (Lipinski definition) is 3. The number of carbonyl (C=O) groups excluding carboxylic acids is 1. The first kappa shape index (κ1) is 19.1. The van der Waals surface area contributed by atoms with Crippen LogP contribution in [0.4, 0.5) is 0 Å². The Kier molecular flexibility index (Phi) is 4.77. The van der Waals surface area contributed by atoms with Gasteiger partial charge in [0.1, 0.15) is 0 Å². The highest BCUT2D eigenvalue weighted by atomic mass is 127. The topological polar surface area (TPSA) is 56.1 Å². The van der Waals surface area contributed by atoms with Crippen LogP contribution in [0.2, 0.25) is 0 Å². The molecule has 0 unspecified atom stereocenters. The smallest absolute Gasteiger partial charge is 0.268 e. The SMILES string of the molecule is Cc1ccc(S(=O)(=O)n2cc(C(=O)C(C)(C)C)c3ccc(I)cc32)cc1. The molecule has 0 saturated heterocycles. The van der Waals surface area contributed by atoms with Gasteiger partial charge in [-0.3, -0.25) is 4.79 Å². The van der Waals surface area contributed by atoms with Gasteiger partial charge in [-0.1, -0.05) is 44.5 Å². The van der Waals surface area contributed by atoms with Crippen LogP contribution < -0.4 is 0 Å². The molecule has 0 N–H and O–H groups in total. The van der Waals surface area contributed by atoms with Gasteiger partial charge in [0.25, 0.3) is 10.0 Å². The maximum Gasteiger partial charge on any atom is 0.268 e. The molecule has 0 spiro atoms. The van der Waals surface area contributed by atoms with Crippen LogP contribution in [0.3, 0.4) is 0 Å². The molecule has 0 amide bonds. The third-order valence-corrected chi connectivity index (χ3v) is 6.60. The van der Waals surface area contributed by atoms with E-state index in [9.17, 15) is 13.2 Å². The Hall–Kier alpha value is -1.67. The zero-order valence-corrected chi connectivity index (χ0v) is 18.1. The number of aromatic nitrogens is 1. The van der Waals surface area contributed by atoms with Crippen LogP contribution >= 0.6 is 22.6 Å². The number of benzene rings is 2. The van der Waals surface area contributed by atoms with Gasteiger partial charge >= 0.3 is 0 Å². The van der Waals surface area contributed by atoms with Crippen molar-refractivity contribution in [1.29, 1.82) is 0 Å². The standard InChI is InChI=1S/C20H20INO3S/c1-13-5-8-15(9-6-13)26(24,25)22-12-17(19(23)20(2,3)4)16-10-7-14(21)11-18(16)22/h5-12H,1-4H3. The van der Waals surface area contributed by atoms with Gasteiger partial charge in [-0.25, -0.2) is 12.4 Å². The van der Waals surface area contributed by atoms with Crippen molar-refractivity contribution in [3.63, 3.8) is 0 Å². The summed E-state index contributed by atoms with van der Waals surface area (Å²) in [7, 11) is -3.80. The third-order valence-electron chi connectivity index (χ3n) is 4.24. The zero-order valence-electron chi connectivity index (χ0n) is 15.1. The molecule has 0 aliphatic rings. The molecule has 3 aromatic rings. The van der Waals surface area contributed by atoms with Crippen LogP contribution in [0.15, 0.2) is 53.6 Å². The lowest BCUT2D eigenvalue weighted by Gasteiger charge is -2.15. The minimum Gasteiger partial charge on any atom is -0.294 e. The van der Waals surface area contributed by atoms with E-state index in [2.05, 4.69) is 22.6 Å². The summed E-state index contributed by atoms with van der Waals surface area (Å²) in [4.78, 5) is 13.1. The molecule has 6 heteroatoms. The van der Waals surface area contributed by atoms with E-state index >= 15 is 0 Å². The molecular formula is C20H20INO3S. The molecular weight excluding hydrogens is 461 g/mol. The quantitative estimate of drug-likeness (QED) is 0.390. The molecule has 136 valence electrons. The number of nitrogens with zero attached hydrogens (tertiary/aromatic N) is 1. The molecule has 0 fully saturated rings. The second-order valence-electron chi connectivity index (χ2n) is 7.40. The second kappa shape index (κ2) is 6.49. The monoisotopic (exact) mass is 481 g/mol. The predicted octanol–water partition coefficient (Wildman–Crippen LogP) is 5.02. The van der Waals surface area contributed by atoms with Crippen molar-refractivity contribution in [2.24, 2.45) is 5.41 Å². The van der Waals surface area contributed by atoms with Crippen LogP contribution in [-0.2, 0) is 10.0 Å². The van der Waals surface area contributed by atoms with Crippen LogP contribution in [-0.4, -0.2) is 18.2 Å². The second-order valence-corrected chi connectivity index (χ2v) is 10.5. The van der Waals surface area contributed by atoms with Crippen molar-refractivity contribution in [1.82, 2.24) is 3.97 Å². The number of rotatable bonds is 3. The molecule has 1 heterocycles. The summed E-state index contributed by atoms with van der Waals surface area (Å²) < 4.78 is 28.5. The highest BCUT2D eigenvalue weighted by molar-refractivity contribution is 14.1. The Morgan fingerprint density at radius 3 is 2.23 bits per heavy atom. The first-order chi connectivity index (χ1) is 12.0. The maximum absolute atomic E-state index is 13.2. The summed E-state index contributed by atoms with van der Waals surface area (Å²) in [6.07, 6.45) is 1.46. The number of fused-ring (bicyclic) bond motifs is 1. The van der Waals surface area contributed by atoms with E-state index in [1.54, 1.807) is 30.3 Å². The van der Waals surface area contributed by atoms with Gasteiger partial charge in [-0.2, -0.15) is 0 Å². The van der Waals surface area contributed by atoms with Crippen molar-refractivity contribution in [3.05, 3.63) is 63.4 Å². The minimum absolute atomic E-state index is 0.0819. The number of carbonyl (C=O) groups is 1. The van der Waals surface area contributed by atoms with Crippen molar-refractivity contribution < 1.29 is 13.2 Å². The van der Waals surface area contributed by atoms with E-state index in [1.807, 2.05) is 39.8 Å². The normalized spacial score (nSPS) is 12.5. The lowest BCUT2D eigenvalue weighted by atomic mass is 9.86. The highest BCUT2D eigenvalue weighted by Gasteiger charge is 2.29. The van der Waals surface area contributed by atoms with Gasteiger partial charge < -0.3 is 0 Å². The first-order valence-electron chi connectivity index (χ1n) is 8.19. The summed E-state index contributed by atoms with van der Waals surface area (Å²) in [5.41, 5.74) is 1.33. The van der Waals surface area contributed by atoms with Crippen LogP contribution in [0.5, 0.6) is 0 Å². The fraction of sp³-hybridized carbons (Fsp3) is 0.250. The van der Waals surface area contributed by atoms with E-state index in [1.165, 1.54) is 10.2 Å². The summed E-state index contributed by atoms with van der Waals surface area (Å²) in [6.45, 7) is 7.41. The summed E-state index contributed by atoms with van der Waals surface area (Å²) in [5, 5.41) is 0.654. The molecule has 3 rings (SSSR count). The van der Waals surface area contributed by atoms with E-state index in [0.717, 1.165) is 9.13 Å². The van der Waals surface area contributed by atoms with Gasteiger partial charge in [-0.05, 0) is 53.8 Å². The Morgan fingerprint density at radius 2 is 1.65 bits per heavy atom.